The van der Waals surface area contributed by atoms with Crippen LogP contribution in [0.5, 0.6) is 0 Å². The number of nitrogens with zero attached hydrogens (tertiary/aromatic N) is 3. The molecular formula is C21H39N5O2. The van der Waals surface area contributed by atoms with Crippen LogP contribution in [0.25, 0.3) is 0 Å². The molecule has 0 aromatic carbocycles. The molecule has 0 aromatic rings. The number of hydrogen-bond donors (Lipinski definition) is 2. The second-order valence-electron chi connectivity index (χ2n) is 8.94. The van der Waals surface area contributed by atoms with Crippen LogP contribution in [0.3, 0.4) is 0 Å². The molecule has 2 unspecified atom stereocenters. The Balaban J connectivity index is 1.27. The van der Waals surface area contributed by atoms with E-state index < -0.39 is 0 Å². The molecule has 3 saturated heterocycles. The first kappa shape index (κ1) is 20.4. The van der Waals surface area contributed by atoms with E-state index in [0.29, 0.717) is 6.04 Å². The molecule has 0 aromatic heterocycles. The maximum absolute atomic E-state index is 6.09. The summed E-state index contributed by atoms with van der Waals surface area (Å²) in [5.74, 6) is 0.908. The minimum absolute atomic E-state index is 0.254. The normalized spacial score (nSPS) is 32.1. The summed E-state index contributed by atoms with van der Waals surface area (Å²) >= 11 is 0. The Bertz CT molecular complexity index is 517. The molecule has 160 valence electrons. The predicted molar refractivity (Wildman–Crippen MR) is 112 cm³/mol. The highest BCUT2D eigenvalue weighted by atomic mass is 16.5. The van der Waals surface area contributed by atoms with Crippen LogP contribution >= 0.6 is 0 Å². The Morgan fingerprint density at radius 2 is 1.89 bits per heavy atom. The lowest BCUT2D eigenvalue weighted by Gasteiger charge is -2.48. The third-order valence-electron chi connectivity index (χ3n) is 7.23. The molecule has 1 aliphatic carbocycles. The first-order valence-corrected chi connectivity index (χ1v) is 11.4. The largest absolute Gasteiger partial charge is 0.379 e. The first-order valence-electron chi connectivity index (χ1n) is 11.4. The smallest absolute Gasteiger partial charge is 0.191 e. The van der Waals surface area contributed by atoms with Crippen molar-refractivity contribution in [3.63, 3.8) is 0 Å². The van der Waals surface area contributed by atoms with Gasteiger partial charge in [-0.15, -0.1) is 0 Å². The van der Waals surface area contributed by atoms with Gasteiger partial charge in [0, 0.05) is 51.4 Å². The van der Waals surface area contributed by atoms with Crippen molar-refractivity contribution in [1.29, 1.82) is 0 Å². The molecule has 0 spiro atoms. The van der Waals surface area contributed by atoms with E-state index in [2.05, 4.69) is 25.4 Å². The van der Waals surface area contributed by atoms with Crippen LogP contribution in [-0.2, 0) is 9.47 Å². The molecule has 1 saturated carbocycles. The zero-order valence-electron chi connectivity index (χ0n) is 17.6. The van der Waals surface area contributed by atoms with Gasteiger partial charge in [-0.1, -0.05) is 19.3 Å². The molecule has 28 heavy (non-hydrogen) atoms. The van der Waals surface area contributed by atoms with Gasteiger partial charge in [-0.25, -0.2) is 0 Å². The van der Waals surface area contributed by atoms with Crippen molar-refractivity contribution < 1.29 is 9.47 Å². The van der Waals surface area contributed by atoms with Crippen LogP contribution in [-0.4, -0.2) is 99.6 Å². The second-order valence-corrected chi connectivity index (χ2v) is 8.94. The number of ether oxygens (including phenoxy) is 2. The molecular weight excluding hydrogens is 354 g/mol. The van der Waals surface area contributed by atoms with Crippen LogP contribution in [0.15, 0.2) is 4.99 Å². The van der Waals surface area contributed by atoms with Gasteiger partial charge < -0.3 is 20.1 Å². The molecule has 7 nitrogen and oxygen atoms in total. The molecule has 2 atom stereocenters. The number of aliphatic imine (C=N–C) groups is 1. The molecule has 4 rings (SSSR count). The highest BCUT2D eigenvalue weighted by Crippen LogP contribution is 2.33. The van der Waals surface area contributed by atoms with Crippen LogP contribution in [0.4, 0.5) is 0 Å². The van der Waals surface area contributed by atoms with Gasteiger partial charge in [-0.05, 0) is 32.2 Å². The summed E-state index contributed by atoms with van der Waals surface area (Å²) < 4.78 is 11.7. The summed E-state index contributed by atoms with van der Waals surface area (Å²) in [6.45, 7) is 8.81. The zero-order valence-corrected chi connectivity index (χ0v) is 17.6. The topological polar surface area (TPSA) is 61.4 Å². The van der Waals surface area contributed by atoms with E-state index in [0.717, 1.165) is 58.5 Å². The Hall–Kier alpha value is -0.890. The predicted octanol–water partition coefficient (Wildman–Crippen LogP) is 1.05. The zero-order chi connectivity index (χ0) is 19.2. The summed E-state index contributed by atoms with van der Waals surface area (Å²) in [5.41, 5.74) is 0.254. The van der Waals surface area contributed by atoms with Crippen molar-refractivity contribution in [2.45, 2.75) is 62.6 Å². The number of hydrogen-bond acceptors (Lipinski definition) is 5. The van der Waals surface area contributed by atoms with Gasteiger partial charge in [0.15, 0.2) is 5.96 Å². The fraction of sp³-hybridized carbons (Fsp3) is 0.952. The molecule has 4 aliphatic rings. The van der Waals surface area contributed by atoms with Crippen molar-refractivity contribution in [3.05, 3.63) is 0 Å². The van der Waals surface area contributed by atoms with Gasteiger partial charge in [0.2, 0.25) is 0 Å². The third kappa shape index (κ3) is 4.81. The van der Waals surface area contributed by atoms with Gasteiger partial charge in [0.25, 0.3) is 0 Å². The highest BCUT2D eigenvalue weighted by molar-refractivity contribution is 5.79. The molecule has 4 fully saturated rings. The van der Waals surface area contributed by atoms with Crippen LogP contribution < -0.4 is 10.6 Å². The molecule has 0 amide bonds. The first-order chi connectivity index (χ1) is 13.8. The number of morpholine rings is 2. The van der Waals surface area contributed by atoms with Crippen molar-refractivity contribution in [3.8, 4) is 0 Å². The summed E-state index contributed by atoms with van der Waals surface area (Å²) in [4.78, 5) is 9.75. The number of guanidine groups is 1. The van der Waals surface area contributed by atoms with E-state index in [1.807, 2.05) is 7.05 Å². The maximum atomic E-state index is 6.09. The van der Waals surface area contributed by atoms with Crippen molar-refractivity contribution >= 4 is 5.96 Å². The molecule has 7 heteroatoms. The van der Waals surface area contributed by atoms with Gasteiger partial charge >= 0.3 is 0 Å². The summed E-state index contributed by atoms with van der Waals surface area (Å²) in [6.07, 6.45) is 9.47. The quantitative estimate of drug-likeness (QED) is 0.538. The molecule has 3 aliphatic heterocycles. The van der Waals surface area contributed by atoms with E-state index in [1.54, 1.807) is 0 Å². The summed E-state index contributed by atoms with van der Waals surface area (Å²) in [5, 5.41) is 7.17. The minimum atomic E-state index is 0.254. The standard InChI is InChI=1S/C21H39N5O2/c1-22-20(23-14-19-15-25-9-5-6-18(25)16-28-19)24-17-21(7-3-2-4-8-21)26-10-12-27-13-11-26/h18-19H,2-17H2,1H3,(H2,22,23,24). The Morgan fingerprint density at radius 1 is 1.07 bits per heavy atom. The minimum Gasteiger partial charge on any atom is -0.379 e. The fourth-order valence-electron chi connectivity index (χ4n) is 5.54. The maximum Gasteiger partial charge on any atom is 0.191 e. The Kier molecular flexibility index (Phi) is 7.09. The van der Waals surface area contributed by atoms with Crippen LogP contribution in [0.1, 0.15) is 44.9 Å². The summed E-state index contributed by atoms with van der Waals surface area (Å²) in [7, 11) is 1.87. The van der Waals surface area contributed by atoms with Gasteiger partial charge in [-0.3, -0.25) is 14.8 Å². The van der Waals surface area contributed by atoms with Crippen LogP contribution in [0.2, 0.25) is 0 Å². The number of fused-ring (bicyclic) bond motifs is 1. The van der Waals surface area contributed by atoms with Crippen molar-refractivity contribution in [2.24, 2.45) is 4.99 Å². The average molecular weight is 394 g/mol. The summed E-state index contributed by atoms with van der Waals surface area (Å²) in [6, 6.07) is 0.661. The van der Waals surface area contributed by atoms with Gasteiger partial charge in [0.05, 0.1) is 25.9 Å². The number of rotatable bonds is 5. The Labute approximate surface area is 170 Å². The monoisotopic (exact) mass is 393 g/mol. The molecule has 3 heterocycles. The highest BCUT2D eigenvalue weighted by Gasteiger charge is 2.38. The molecule has 0 bridgehead atoms. The third-order valence-corrected chi connectivity index (χ3v) is 7.23. The SMILES string of the molecule is CN=C(NCC1CN2CCCC2CO1)NCC1(N2CCOCC2)CCCCC1. The second kappa shape index (κ2) is 9.74. The molecule has 2 N–H and O–H groups in total. The van der Waals surface area contributed by atoms with Gasteiger partial charge in [-0.2, -0.15) is 0 Å². The fourth-order valence-corrected chi connectivity index (χ4v) is 5.54. The van der Waals surface area contributed by atoms with Crippen molar-refractivity contribution in [2.75, 3.05) is 66.1 Å². The van der Waals surface area contributed by atoms with E-state index in [4.69, 9.17) is 9.47 Å². The molecule has 0 radical (unpaired) electrons. The van der Waals surface area contributed by atoms with E-state index in [-0.39, 0.29) is 11.6 Å². The Morgan fingerprint density at radius 3 is 2.68 bits per heavy atom. The van der Waals surface area contributed by atoms with Crippen molar-refractivity contribution in [1.82, 2.24) is 20.4 Å². The van der Waals surface area contributed by atoms with Crippen LogP contribution in [0, 0.1) is 0 Å². The number of nitrogens with one attached hydrogen (secondary N) is 2. The lowest BCUT2D eigenvalue weighted by molar-refractivity contribution is -0.0454. The van der Waals surface area contributed by atoms with E-state index in [1.165, 1.54) is 51.5 Å². The average Bonchev–Trinajstić information content (AvgIpc) is 3.23. The van der Waals surface area contributed by atoms with E-state index >= 15 is 0 Å². The lowest BCUT2D eigenvalue weighted by Crippen LogP contribution is -2.61. The van der Waals surface area contributed by atoms with E-state index in [9.17, 15) is 0 Å². The lowest BCUT2D eigenvalue weighted by atomic mass is 9.80. The van der Waals surface area contributed by atoms with Gasteiger partial charge in [0.1, 0.15) is 0 Å².